The van der Waals surface area contributed by atoms with Gasteiger partial charge >= 0.3 is 6.03 Å². The van der Waals surface area contributed by atoms with E-state index in [-0.39, 0.29) is 18.9 Å². The molecule has 4 nitrogen and oxygen atoms in total. The van der Waals surface area contributed by atoms with Crippen molar-refractivity contribution in [1.29, 1.82) is 0 Å². The molecule has 2 N–H and O–H groups in total. The Labute approximate surface area is 148 Å². The summed E-state index contributed by atoms with van der Waals surface area (Å²) < 4.78 is 18.4. The van der Waals surface area contributed by atoms with E-state index in [0.717, 1.165) is 0 Å². The number of carbonyl (C=O) groups excluding carboxylic acids is 1. The van der Waals surface area contributed by atoms with E-state index in [9.17, 15) is 9.18 Å². The third-order valence-electron chi connectivity index (χ3n) is 2.78. The number of hydrogen-bond acceptors (Lipinski definition) is 2. The molecule has 2 amide bonds. The van der Waals surface area contributed by atoms with Crippen LogP contribution in [-0.4, -0.2) is 19.2 Å². The number of hydrogen-bond donors (Lipinski definition) is 2. The zero-order valence-electron chi connectivity index (χ0n) is 12.4. The second kappa shape index (κ2) is 9.02. The number of nitrogens with one attached hydrogen (secondary N) is 2. The number of amides is 2. The van der Waals surface area contributed by atoms with Gasteiger partial charge in [-0.2, -0.15) is 0 Å². The lowest BCUT2D eigenvalue weighted by atomic mass is 10.3. The first kappa shape index (κ1) is 17.9. The predicted molar refractivity (Wildman–Crippen MR) is 93.2 cm³/mol. The van der Waals surface area contributed by atoms with Crippen LogP contribution in [0.3, 0.4) is 0 Å². The summed E-state index contributed by atoms with van der Waals surface area (Å²) in [7, 11) is 0. The Balaban J connectivity index is 1.71. The zero-order valence-corrected chi connectivity index (χ0v) is 13.9. The molecule has 7 heteroatoms. The standard InChI is InChI=1S/C17H13Cl2FN2O2/c18-13-8-7-12(11-14(13)19)22-17(23)21-9-3-4-10-24-16-6-2-1-5-15(16)20/h1-2,5-8,11H,9-10H2,(H2,21,22,23). The summed E-state index contributed by atoms with van der Waals surface area (Å²) in [5.74, 6) is 5.06. The number of halogens is 3. The van der Waals surface area contributed by atoms with Gasteiger partial charge in [0.1, 0.15) is 6.61 Å². The van der Waals surface area contributed by atoms with Crippen LogP contribution in [0.15, 0.2) is 42.5 Å². The summed E-state index contributed by atoms with van der Waals surface area (Å²) in [6.45, 7) is 0.144. The van der Waals surface area contributed by atoms with Gasteiger partial charge in [0.2, 0.25) is 0 Å². The van der Waals surface area contributed by atoms with Crippen molar-refractivity contribution in [2.24, 2.45) is 0 Å². The molecule has 124 valence electrons. The number of rotatable bonds is 4. The van der Waals surface area contributed by atoms with Gasteiger partial charge in [-0.3, -0.25) is 0 Å². The van der Waals surface area contributed by atoms with Crippen molar-refractivity contribution in [3.8, 4) is 17.6 Å². The second-order valence-corrected chi connectivity index (χ2v) is 5.32. The number of carbonyl (C=O) groups is 1. The topological polar surface area (TPSA) is 50.4 Å². The lowest BCUT2D eigenvalue weighted by Crippen LogP contribution is -2.28. The molecule has 0 aromatic heterocycles. The number of anilines is 1. The Kier molecular flexibility index (Phi) is 6.74. The summed E-state index contributed by atoms with van der Waals surface area (Å²) in [4.78, 5) is 11.7. The fourth-order valence-electron chi connectivity index (χ4n) is 1.66. The molecule has 0 saturated heterocycles. The predicted octanol–water partition coefficient (Wildman–Crippen LogP) is 4.34. The first-order chi connectivity index (χ1) is 11.6. The minimum absolute atomic E-state index is 0.0248. The quantitative estimate of drug-likeness (QED) is 0.790. The fourth-order valence-corrected chi connectivity index (χ4v) is 1.96. The Morgan fingerprint density at radius 3 is 2.67 bits per heavy atom. The van der Waals surface area contributed by atoms with Gasteiger partial charge in [-0.05, 0) is 30.3 Å². The normalized spacial score (nSPS) is 9.62. The molecule has 0 aliphatic carbocycles. The van der Waals surface area contributed by atoms with Crippen LogP contribution in [0.5, 0.6) is 5.75 Å². The van der Waals surface area contributed by atoms with Crippen molar-refractivity contribution in [2.75, 3.05) is 18.5 Å². The van der Waals surface area contributed by atoms with Gasteiger partial charge < -0.3 is 15.4 Å². The van der Waals surface area contributed by atoms with Crippen LogP contribution in [0.25, 0.3) is 0 Å². The lowest BCUT2D eigenvalue weighted by Gasteiger charge is -2.06. The van der Waals surface area contributed by atoms with Crippen LogP contribution in [0.2, 0.25) is 10.0 Å². The van der Waals surface area contributed by atoms with E-state index in [1.807, 2.05) is 0 Å². The summed E-state index contributed by atoms with van der Waals surface area (Å²) >= 11 is 11.6. The van der Waals surface area contributed by atoms with Gasteiger partial charge in [0.25, 0.3) is 0 Å². The third kappa shape index (κ3) is 5.65. The molecular weight excluding hydrogens is 354 g/mol. The summed E-state index contributed by atoms with van der Waals surface area (Å²) in [6.07, 6.45) is 0. The summed E-state index contributed by atoms with van der Waals surface area (Å²) in [5, 5.41) is 5.89. The molecule has 0 fully saturated rings. The number of para-hydroxylation sites is 1. The van der Waals surface area contributed by atoms with Crippen LogP contribution in [0.4, 0.5) is 14.9 Å². The van der Waals surface area contributed by atoms with Crippen LogP contribution >= 0.6 is 23.2 Å². The molecule has 0 aliphatic rings. The molecule has 0 atom stereocenters. The first-order valence-corrected chi connectivity index (χ1v) is 7.65. The van der Waals surface area contributed by atoms with Gasteiger partial charge in [0, 0.05) is 5.69 Å². The third-order valence-corrected chi connectivity index (χ3v) is 3.52. The second-order valence-electron chi connectivity index (χ2n) is 4.51. The molecule has 2 aromatic rings. The van der Waals surface area contributed by atoms with Crippen LogP contribution in [0, 0.1) is 17.7 Å². The van der Waals surface area contributed by atoms with Crippen LogP contribution < -0.4 is 15.4 Å². The van der Waals surface area contributed by atoms with E-state index in [2.05, 4.69) is 22.5 Å². The Morgan fingerprint density at radius 2 is 1.92 bits per heavy atom. The van der Waals surface area contributed by atoms with E-state index < -0.39 is 11.8 Å². The van der Waals surface area contributed by atoms with Gasteiger partial charge in [0.05, 0.1) is 16.6 Å². The minimum Gasteiger partial charge on any atom is -0.478 e. The molecule has 0 unspecified atom stereocenters. The maximum absolute atomic E-state index is 13.3. The lowest BCUT2D eigenvalue weighted by molar-refractivity contribution is 0.253. The molecule has 2 rings (SSSR count). The Morgan fingerprint density at radius 1 is 1.12 bits per heavy atom. The average molecular weight is 367 g/mol. The van der Waals surface area contributed by atoms with Crippen molar-refractivity contribution in [2.45, 2.75) is 0 Å². The van der Waals surface area contributed by atoms with Crippen molar-refractivity contribution in [3.05, 3.63) is 58.3 Å². The highest BCUT2D eigenvalue weighted by Gasteiger charge is 2.03. The molecule has 0 radical (unpaired) electrons. The fraction of sp³-hybridized carbons (Fsp3) is 0.118. The molecular formula is C17H13Cl2FN2O2. The zero-order chi connectivity index (χ0) is 17.4. The van der Waals surface area contributed by atoms with Gasteiger partial charge in [-0.1, -0.05) is 47.2 Å². The van der Waals surface area contributed by atoms with Crippen molar-refractivity contribution < 1.29 is 13.9 Å². The molecule has 0 aliphatic heterocycles. The number of urea groups is 1. The maximum atomic E-state index is 13.3. The largest absolute Gasteiger partial charge is 0.478 e. The molecule has 0 heterocycles. The highest BCUT2D eigenvalue weighted by atomic mass is 35.5. The maximum Gasteiger partial charge on any atom is 0.319 e. The van der Waals surface area contributed by atoms with Gasteiger partial charge in [-0.15, -0.1) is 0 Å². The smallest absolute Gasteiger partial charge is 0.319 e. The Hall–Kier alpha value is -2.42. The van der Waals surface area contributed by atoms with E-state index >= 15 is 0 Å². The van der Waals surface area contributed by atoms with Gasteiger partial charge in [0.15, 0.2) is 11.6 Å². The molecule has 0 bridgehead atoms. The van der Waals surface area contributed by atoms with Crippen LogP contribution in [-0.2, 0) is 0 Å². The summed E-state index contributed by atoms with van der Waals surface area (Å²) in [6, 6.07) is 10.4. The molecule has 2 aromatic carbocycles. The van der Waals surface area contributed by atoms with E-state index in [1.54, 1.807) is 24.3 Å². The number of benzene rings is 2. The Bertz CT molecular complexity index is 788. The van der Waals surface area contributed by atoms with Crippen molar-refractivity contribution in [1.82, 2.24) is 5.32 Å². The highest BCUT2D eigenvalue weighted by molar-refractivity contribution is 6.42. The van der Waals surface area contributed by atoms with E-state index in [1.165, 1.54) is 18.2 Å². The number of ether oxygens (including phenoxy) is 1. The average Bonchev–Trinajstić information content (AvgIpc) is 2.56. The van der Waals surface area contributed by atoms with Crippen molar-refractivity contribution >= 4 is 34.9 Å². The molecule has 0 saturated carbocycles. The SMILES string of the molecule is O=C(NCC#CCOc1ccccc1F)Nc1ccc(Cl)c(Cl)c1. The van der Waals surface area contributed by atoms with E-state index in [4.69, 9.17) is 27.9 Å². The highest BCUT2D eigenvalue weighted by Crippen LogP contribution is 2.24. The molecule has 24 heavy (non-hydrogen) atoms. The summed E-state index contributed by atoms with van der Waals surface area (Å²) in [5.41, 5.74) is 0.512. The van der Waals surface area contributed by atoms with Crippen molar-refractivity contribution in [3.63, 3.8) is 0 Å². The minimum atomic E-state index is -0.446. The first-order valence-electron chi connectivity index (χ1n) is 6.89. The van der Waals surface area contributed by atoms with Gasteiger partial charge in [-0.25, -0.2) is 9.18 Å². The molecule has 0 spiro atoms. The monoisotopic (exact) mass is 366 g/mol. The van der Waals surface area contributed by atoms with E-state index in [0.29, 0.717) is 15.7 Å². The van der Waals surface area contributed by atoms with Crippen LogP contribution in [0.1, 0.15) is 0 Å².